The van der Waals surface area contributed by atoms with Gasteiger partial charge in [0.2, 0.25) is 0 Å². The molecule has 1 aliphatic rings. The Hall–Kier alpha value is -1.13. The molecule has 0 radical (unpaired) electrons. The van der Waals surface area contributed by atoms with Crippen LogP contribution in [0.3, 0.4) is 0 Å². The van der Waals surface area contributed by atoms with E-state index in [0.717, 1.165) is 6.54 Å². The molecule has 0 aliphatic carbocycles. The minimum absolute atomic E-state index is 0.256. The molecule has 2 N–H and O–H groups in total. The Morgan fingerprint density at radius 2 is 2.33 bits per heavy atom. The van der Waals surface area contributed by atoms with Crippen LogP contribution >= 0.6 is 0 Å². The number of phenolic OH excluding ortho intramolecular Hbond substituents is 1. The number of halogens is 1. The van der Waals surface area contributed by atoms with Crippen molar-refractivity contribution in [1.82, 2.24) is 5.32 Å². The Balaban J connectivity index is 2.31. The average molecular weight is 211 g/mol. The molecule has 82 valence electrons. The van der Waals surface area contributed by atoms with E-state index in [1.165, 1.54) is 0 Å². The average Bonchev–Trinajstić information content (AvgIpc) is 2.27. The van der Waals surface area contributed by atoms with Crippen LogP contribution in [-0.2, 0) is 4.74 Å². The van der Waals surface area contributed by atoms with E-state index in [4.69, 9.17) is 4.74 Å². The number of ether oxygens (including phenoxy) is 1. The molecule has 1 fully saturated rings. The summed E-state index contributed by atoms with van der Waals surface area (Å²) in [6.07, 6.45) is -0.256. The summed E-state index contributed by atoms with van der Waals surface area (Å²) < 4.78 is 18.9. The van der Waals surface area contributed by atoms with Gasteiger partial charge in [-0.2, -0.15) is 0 Å². The van der Waals surface area contributed by atoms with Crippen molar-refractivity contribution in [3.8, 4) is 5.75 Å². The molecule has 1 unspecified atom stereocenters. The molecule has 1 saturated heterocycles. The van der Waals surface area contributed by atoms with Crippen LogP contribution in [0, 0.1) is 12.7 Å². The summed E-state index contributed by atoms with van der Waals surface area (Å²) >= 11 is 0. The van der Waals surface area contributed by atoms with Crippen LogP contribution in [-0.4, -0.2) is 24.8 Å². The van der Waals surface area contributed by atoms with E-state index in [-0.39, 0.29) is 11.9 Å². The molecular formula is C11H14FNO2. The first kappa shape index (κ1) is 10.4. The van der Waals surface area contributed by atoms with Crippen LogP contribution < -0.4 is 5.32 Å². The lowest BCUT2D eigenvalue weighted by atomic mass is 10.0. The van der Waals surface area contributed by atoms with Crippen molar-refractivity contribution in [3.05, 3.63) is 29.1 Å². The number of morpholine rings is 1. The Morgan fingerprint density at radius 3 is 3.00 bits per heavy atom. The maximum Gasteiger partial charge on any atom is 0.168 e. The van der Waals surface area contributed by atoms with Crippen molar-refractivity contribution < 1.29 is 14.2 Å². The number of nitrogens with one attached hydrogen (secondary N) is 1. The van der Waals surface area contributed by atoms with Crippen LogP contribution in [0.1, 0.15) is 17.2 Å². The van der Waals surface area contributed by atoms with Gasteiger partial charge in [-0.05, 0) is 12.5 Å². The number of phenols is 1. The zero-order chi connectivity index (χ0) is 10.8. The highest BCUT2D eigenvalue weighted by molar-refractivity contribution is 5.39. The first-order valence-corrected chi connectivity index (χ1v) is 5.00. The molecule has 1 heterocycles. The van der Waals surface area contributed by atoms with Gasteiger partial charge in [-0.3, -0.25) is 0 Å². The molecule has 0 spiro atoms. The number of rotatable bonds is 1. The summed E-state index contributed by atoms with van der Waals surface area (Å²) in [5.41, 5.74) is 0.963. The first-order chi connectivity index (χ1) is 7.20. The minimum Gasteiger partial charge on any atom is -0.505 e. The molecule has 1 aromatic rings. The van der Waals surface area contributed by atoms with Crippen molar-refractivity contribution >= 4 is 0 Å². The van der Waals surface area contributed by atoms with E-state index in [9.17, 15) is 9.50 Å². The summed E-state index contributed by atoms with van der Waals surface area (Å²) in [5.74, 6) is -0.842. The number of aromatic hydroxyl groups is 1. The lowest BCUT2D eigenvalue weighted by Gasteiger charge is -2.24. The van der Waals surface area contributed by atoms with E-state index in [2.05, 4.69) is 5.32 Å². The van der Waals surface area contributed by atoms with Gasteiger partial charge in [0, 0.05) is 18.7 Å². The molecule has 15 heavy (non-hydrogen) atoms. The Morgan fingerprint density at radius 1 is 1.53 bits per heavy atom. The van der Waals surface area contributed by atoms with Crippen LogP contribution in [0.2, 0.25) is 0 Å². The van der Waals surface area contributed by atoms with Crippen molar-refractivity contribution in [3.63, 3.8) is 0 Å². The summed E-state index contributed by atoms with van der Waals surface area (Å²) in [4.78, 5) is 0. The molecule has 2 rings (SSSR count). The third-order valence-corrected chi connectivity index (χ3v) is 2.61. The monoisotopic (exact) mass is 211 g/mol. The van der Waals surface area contributed by atoms with E-state index in [0.29, 0.717) is 24.3 Å². The maximum absolute atomic E-state index is 13.4. The second-order valence-electron chi connectivity index (χ2n) is 3.70. The van der Waals surface area contributed by atoms with Crippen molar-refractivity contribution in [2.75, 3.05) is 19.7 Å². The van der Waals surface area contributed by atoms with Crippen LogP contribution in [0.5, 0.6) is 5.75 Å². The first-order valence-electron chi connectivity index (χ1n) is 5.00. The van der Waals surface area contributed by atoms with Gasteiger partial charge in [-0.25, -0.2) is 4.39 Å². The largest absolute Gasteiger partial charge is 0.505 e. The standard InChI is InChI=1S/C11H14FNO2/c1-7-2-3-8(11(14)10(7)12)9-6-13-4-5-15-9/h2-3,9,13-14H,4-6H2,1H3. The third-order valence-electron chi connectivity index (χ3n) is 2.61. The Bertz CT molecular complexity index is 362. The molecule has 4 heteroatoms. The topological polar surface area (TPSA) is 41.5 Å². The van der Waals surface area contributed by atoms with Gasteiger partial charge in [0.25, 0.3) is 0 Å². The quantitative estimate of drug-likeness (QED) is 0.739. The van der Waals surface area contributed by atoms with Gasteiger partial charge in [-0.15, -0.1) is 0 Å². The highest BCUT2D eigenvalue weighted by atomic mass is 19.1. The second kappa shape index (κ2) is 4.16. The number of benzene rings is 1. The van der Waals surface area contributed by atoms with Crippen molar-refractivity contribution in [2.45, 2.75) is 13.0 Å². The SMILES string of the molecule is Cc1ccc(C2CNCCO2)c(O)c1F. The molecule has 1 aliphatic heterocycles. The van der Waals surface area contributed by atoms with E-state index in [1.54, 1.807) is 19.1 Å². The third kappa shape index (κ3) is 1.96. The molecule has 0 amide bonds. The molecule has 1 atom stereocenters. The Kier molecular flexibility index (Phi) is 2.88. The molecule has 0 bridgehead atoms. The lowest BCUT2D eigenvalue weighted by molar-refractivity contribution is 0.0260. The fraction of sp³-hybridized carbons (Fsp3) is 0.455. The number of aryl methyl sites for hydroxylation is 1. The normalized spacial score (nSPS) is 21.6. The second-order valence-corrected chi connectivity index (χ2v) is 3.70. The molecule has 0 saturated carbocycles. The van der Waals surface area contributed by atoms with Gasteiger partial charge in [-0.1, -0.05) is 12.1 Å². The van der Waals surface area contributed by atoms with E-state index in [1.807, 2.05) is 0 Å². The summed E-state index contributed by atoms with van der Waals surface area (Å²) in [6.45, 7) is 3.61. The lowest BCUT2D eigenvalue weighted by Crippen LogP contribution is -2.33. The number of hydrogen-bond acceptors (Lipinski definition) is 3. The Labute approximate surface area is 87.9 Å². The summed E-state index contributed by atoms with van der Waals surface area (Å²) in [6, 6.07) is 3.37. The van der Waals surface area contributed by atoms with Crippen LogP contribution in [0.25, 0.3) is 0 Å². The highest BCUT2D eigenvalue weighted by Crippen LogP contribution is 2.31. The van der Waals surface area contributed by atoms with Crippen molar-refractivity contribution in [2.24, 2.45) is 0 Å². The number of hydrogen-bond donors (Lipinski definition) is 2. The predicted molar refractivity (Wildman–Crippen MR) is 54.4 cm³/mol. The minimum atomic E-state index is -0.554. The van der Waals surface area contributed by atoms with Gasteiger partial charge < -0.3 is 15.2 Å². The smallest absolute Gasteiger partial charge is 0.168 e. The summed E-state index contributed by atoms with van der Waals surface area (Å²) in [5, 5.41) is 12.8. The van der Waals surface area contributed by atoms with Gasteiger partial charge in [0.1, 0.15) is 0 Å². The van der Waals surface area contributed by atoms with E-state index >= 15 is 0 Å². The van der Waals surface area contributed by atoms with Crippen molar-refractivity contribution in [1.29, 1.82) is 0 Å². The van der Waals surface area contributed by atoms with E-state index < -0.39 is 5.82 Å². The van der Waals surface area contributed by atoms with Gasteiger partial charge >= 0.3 is 0 Å². The van der Waals surface area contributed by atoms with Gasteiger partial charge in [0.15, 0.2) is 11.6 Å². The predicted octanol–water partition coefficient (Wildman–Crippen LogP) is 1.50. The van der Waals surface area contributed by atoms with Crippen LogP contribution in [0.15, 0.2) is 12.1 Å². The molecule has 3 nitrogen and oxygen atoms in total. The van der Waals surface area contributed by atoms with Crippen LogP contribution in [0.4, 0.5) is 4.39 Å². The fourth-order valence-corrected chi connectivity index (χ4v) is 1.71. The summed E-state index contributed by atoms with van der Waals surface area (Å²) in [7, 11) is 0. The zero-order valence-electron chi connectivity index (χ0n) is 8.59. The fourth-order valence-electron chi connectivity index (χ4n) is 1.71. The van der Waals surface area contributed by atoms with Gasteiger partial charge in [0.05, 0.1) is 12.7 Å². The zero-order valence-corrected chi connectivity index (χ0v) is 8.59. The highest BCUT2D eigenvalue weighted by Gasteiger charge is 2.21. The maximum atomic E-state index is 13.4. The molecular weight excluding hydrogens is 197 g/mol. The molecule has 0 aromatic heterocycles. The molecule has 1 aromatic carbocycles.